The van der Waals surface area contributed by atoms with E-state index in [9.17, 15) is 9.59 Å². The van der Waals surface area contributed by atoms with Gasteiger partial charge in [0.1, 0.15) is 11.4 Å². The fourth-order valence-corrected chi connectivity index (χ4v) is 3.72. The van der Waals surface area contributed by atoms with E-state index in [0.717, 1.165) is 17.3 Å². The van der Waals surface area contributed by atoms with Crippen LogP contribution < -0.4 is 15.6 Å². The quantitative estimate of drug-likeness (QED) is 0.430. The third-order valence-corrected chi connectivity index (χ3v) is 5.69. The molecule has 164 valence electrons. The smallest absolute Gasteiger partial charge is 0.295 e. The van der Waals surface area contributed by atoms with Crippen LogP contribution in [0, 0.1) is 6.92 Å². The van der Waals surface area contributed by atoms with Gasteiger partial charge < -0.3 is 14.5 Å². The van der Waals surface area contributed by atoms with E-state index in [4.69, 9.17) is 9.15 Å². The highest BCUT2D eigenvalue weighted by Gasteiger charge is 2.19. The number of hydrogen-bond donors (Lipinski definition) is 1. The highest BCUT2D eigenvalue weighted by atomic mass is 32.2. The van der Waals surface area contributed by atoms with E-state index in [1.54, 1.807) is 31.8 Å². The van der Waals surface area contributed by atoms with Crippen molar-refractivity contribution in [2.24, 2.45) is 7.05 Å². The summed E-state index contributed by atoms with van der Waals surface area (Å²) in [6, 6.07) is 16.5. The molecule has 0 saturated heterocycles. The molecule has 0 atom stereocenters. The van der Waals surface area contributed by atoms with Crippen molar-refractivity contribution in [3.8, 4) is 22.9 Å². The molecule has 4 rings (SSSR count). The van der Waals surface area contributed by atoms with Crippen molar-refractivity contribution in [1.82, 2.24) is 19.6 Å². The Labute approximate surface area is 188 Å². The lowest BCUT2D eigenvalue weighted by molar-refractivity contribution is -0.113. The van der Waals surface area contributed by atoms with E-state index >= 15 is 0 Å². The summed E-state index contributed by atoms with van der Waals surface area (Å²) in [6.45, 7) is 1.78. The summed E-state index contributed by atoms with van der Waals surface area (Å²) in [5.74, 6) is 0.672. The van der Waals surface area contributed by atoms with Crippen LogP contribution in [-0.2, 0) is 11.8 Å². The molecule has 0 spiro atoms. The Bertz CT molecular complexity index is 1310. The lowest BCUT2D eigenvalue weighted by Crippen LogP contribution is -2.23. The fourth-order valence-electron chi connectivity index (χ4n) is 3.16. The molecule has 1 amide bonds. The maximum absolute atomic E-state index is 12.9. The SMILES string of the molecule is COc1cccc(-c2nnc(SCC(=O)Nc3c(C)n(C)n(-c4ccccc4)c3=O)o2)c1. The van der Waals surface area contributed by atoms with Gasteiger partial charge in [0.2, 0.25) is 11.8 Å². The van der Waals surface area contributed by atoms with Crippen LogP contribution in [0.15, 0.2) is 69.0 Å². The zero-order valence-electron chi connectivity index (χ0n) is 17.7. The second kappa shape index (κ2) is 9.15. The van der Waals surface area contributed by atoms with Crippen LogP contribution in [-0.4, -0.2) is 38.3 Å². The Kier molecular flexibility index (Phi) is 6.13. The zero-order valence-corrected chi connectivity index (χ0v) is 18.5. The molecule has 0 unspecified atom stereocenters. The van der Waals surface area contributed by atoms with Crippen molar-refractivity contribution in [3.05, 3.63) is 70.6 Å². The summed E-state index contributed by atoms with van der Waals surface area (Å²) in [7, 11) is 3.35. The number of thioether (sulfide) groups is 1. The summed E-state index contributed by atoms with van der Waals surface area (Å²) in [5, 5.41) is 11.0. The van der Waals surface area contributed by atoms with Crippen LogP contribution in [0.3, 0.4) is 0 Å². The van der Waals surface area contributed by atoms with Crippen molar-refractivity contribution in [1.29, 1.82) is 0 Å². The number of nitrogens with zero attached hydrogens (tertiary/aromatic N) is 4. The van der Waals surface area contributed by atoms with Gasteiger partial charge in [0.25, 0.3) is 10.8 Å². The van der Waals surface area contributed by atoms with Crippen LogP contribution >= 0.6 is 11.8 Å². The molecule has 0 aliphatic carbocycles. The molecule has 4 aromatic rings. The number of carbonyl (C=O) groups excluding carboxylic acids is 1. The van der Waals surface area contributed by atoms with Gasteiger partial charge in [-0.3, -0.25) is 14.3 Å². The number of ether oxygens (including phenoxy) is 1. The van der Waals surface area contributed by atoms with Crippen LogP contribution in [0.5, 0.6) is 5.75 Å². The van der Waals surface area contributed by atoms with Crippen LogP contribution in [0.4, 0.5) is 5.69 Å². The minimum absolute atomic E-state index is 0.0128. The highest BCUT2D eigenvalue weighted by molar-refractivity contribution is 7.99. The van der Waals surface area contributed by atoms with Crippen LogP contribution in [0.25, 0.3) is 17.1 Å². The summed E-state index contributed by atoms with van der Waals surface area (Å²) < 4.78 is 14.1. The summed E-state index contributed by atoms with van der Waals surface area (Å²) in [4.78, 5) is 25.4. The van der Waals surface area contributed by atoms with Gasteiger partial charge in [-0.15, -0.1) is 10.2 Å². The van der Waals surface area contributed by atoms with E-state index in [2.05, 4.69) is 15.5 Å². The first kappa shape index (κ1) is 21.4. The molecule has 0 bridgehead atoms. The molecule has 2 aromatic carbocycles. The predicted molar refractivity (Wildman–Crippen MR) is 121 cm³/mol. The summed E-state index contributed by atoms with van der Waals surface area (Å²) >= 11 is 1.09. The topological polar surface area (TPSA) is 104 Å². The maximum Gasteiger partial charge on any atom is 0.295 e. The number of hydrogen-bond acceptors (Lipinski definition) is 7. The molecule has 0 aliphatic heterocycles. The average molecular weight is 452 g/mol. The van der Waals surface area contributed by atoms with E-state index in [1.807, 2.05) is 48.5 Å². The van der Waals surface area contributed by atoms with E-state index in [-0.39, 0.29) is 28.1 Å². The molecule has 2 aromatic heterocycles. The number of aromatic nitrogens is 4. The van der Waals surface area contributed by atoms with Crippen molar-refractivity contribution in [2.45, 2.75) is 12.1 Å². The Morgan fingerprint density at radius 2 is 1.94 bits per heavy atom. The number of carbonyl (C=O) groups is 1. The van der Waals surface area contributed by atoms with Crippen LogP contribution in [0.2, 0.25) is 0 Å². The minimum Gasteiger partial charge on any atom is -0.497 e. The molecule has 0 radical (unpaired) electrons. The van der Waals surface area contributed by atoms with Gasteiger partial charge >= 0.3 is 0 Å². The molecule has 10 heteroatoms. The molecular weight excluding hydrogens is 430 g/mol. The van der Waals surface area contributed by atoms with Gasteiger partial charge in [-0.25, -0.2) is 4.68 Å². The first-order valence-electron chi connectivity index (χ1n) is 9.72. The number of benzene rings is 2. The normalized spacial score (nSPS) is 10.8. The van der Waals surface area contributed by atoms with Gasteiger partial charge in [-0.2, -0.15) is 0 Å². The second-order valence-corrected chi connectivity index (χ2v) is 7.81. The largest absolute Gasteiger partial charge is 0.497 e. The van der Waals surface area contributed by atoms with Crippen molar-refractivity contribution >= 4 is 23.4 Å². The van der Waals surface area contributed by atoms with Gasteiger partial charge in [0.05, 0.1) is 24.2 Å². The lowest BCUT2D eigenvalue weighted by atomic mass is 10.2. The number of rotatable bonds is 7. The molecule has 0 fully saturated rings. The lowest BCUT2D eigenvalue weighted by Gasteiger charge is -2.07. The summed E-state index contributed by atoms with van der Waals surface area (Å²) in [6.07, 6.45) is 0. The molecule has 32 heavy (non-hydrogen) atoms. The second-order valence-electron chi connectivity index (χ2n) is 6.88. The van der Waals surface area contributed by atoms with Gasteiger partial charge in [0.15, 0.2) is 0 Å². The molecule has 9 nitrogen and oxygen atoms in total. The molecule has 2 heterocycles. The third-order valence-electron chi connectivity index (χ3n) is 4.87. The van der Waals surface area contributed by atoms with Crippen molar-refractivity contribution in [3.63, 3.8) is 0 Å². The van der Waals surface area contributed by atoms with E-state index < -0.39 is 0 Å². The fraction of sp³-hybridized carbons (Fsp3) is 0.182. The Hall–Kier alpha value is -3.79. The monoisotopic (exact) mass is 451 g/mol. The Morgan fingerprint density at radius 3 is 2.69 bits per heavy atom. The van der Waals surface area contributed by atoms with Crippen molar-refractivity contribution in [2.75, 3.05) is 18.2 Å². The van der Waals surface area contributed by atoms with Gasteiger partial charge in [0, 0.05) is 12.6 Å². The molecule has 0 saturated carbocycles. The van der Waals surface area contributed by atoms with Crippen molar-refractivity contribution < 1.29 is 13.9 Å². The Morgan fingerprint density at radius 1 is 1.16 bits per heavy atom. The zero-order chi connectivity index (χ0) is 22.7. The first-order chi connectivity index (χ1) is 15.5. The maximum atomic E-state index is 12.9. The standard InChI is InChI=1S/C22H21N5O4S/c1-14-19(21(29)27(26(14)2)16-9-5-4-6-10-16)23-18(28)13-32-22-25-24-20(31-22)15-8-7-11-17(12-15)30-3/h4-12H,13H2,1-3H3,(H,23,28). The number of nitrogens with one attached hydrogen (secondary N) is 1. The van der Waals surface area contributed by atoms with Gasteiger partial charge in [-0.1, -0.05) is 36.0 Å². The molecule has 0 aliphatic rings. The Balaban J connectivity index is 1.44. The highest BCUT2D eigenvalue weighted by Crippen LogP contribution is 2.26. The molecular formula is C22H21N5O4S. The first-order valence-corrected chi connectivity index (χ1v) is 10.7. The number of amides is 1. The number of anilines is 1. The number of methoxy groups -OCH3 is 1. The minimum atomic E-state index is -0.345. The van der Waals surface area contributed by atoms with E-state index in [1.165, 1.54) is 4.68 Å². The van der Waals surface area contributed by atoms with E-state index in [0.29, 0.717) is 23.0 Å². The van der Waals surface area contributed by atoms with Gasteiger partial charge in [-0.05, 0) is 37.3 Å². The average Bonchev–Trinajstić information content (AvgIpc) is 3.37. The summed E-state index contributed by atoms with van der Waals surface area (Å²) in [5.41, 5.74) is 2.02. The molecule has 1 N–H and O–H groups in total. The third kappa shape index (κ3) is 4.30. The number of para-hydroxylation sites is 1. The predicted octanol–water partition coefficient (Wildman–Crippen LogP) is 3.27. The van der Waals surface area contributed by atoms with Crippen LogP contribution in [0.1, 0.15) is 5.69 Å².